The van der Waals surface area contributed by atoms with E-state index in [0.29, 0.717) is 0 Å². The molecule has 1 aromatic heterocycles. The van der Waals surface area contributed by atoms with Crippen molar-refractivity contribution in [3.05, 3.63) is 30.1 Å². The summed E-state index contributed by atoms with van der Waals surface area (Å²) in [5.41, 5.74) is 0.916. The normalized spacial score (nSPS) is 22.4. The first-order valence-electron chi connectivity index (χ1n) is 7.00. The molecule has 0 aromatic carbocycles. The van der Waals surface area contributed by atoms with Crippen molar-refractivity contribution in [1.82, 2.24) is 15.2 Å². The summed E-state index contributed by atoms with van der Waals surface area (Å²) in [5.74, 6) is 0.219. The summed E-state index contributed by atoms with van der Waals surface area (Å²) in [4.78, 5) is 18.2. The van der Waals surface area contributed by atoms with Gasteiger partial charge in [-0.25, -0.2) is 0 Å². The Morgan fingerprint density at radius 2 is 2.37 bits per heavy atom. The molecule has 0 aliphatic carbocycles. The van der Waals surface area contributed by atoms with Crippen molar-refractivity contribution in [3.8, 4) is 0 Å². The maximum Gasteiger partial charge on any atom is 0.242 e. The highest BCUT2D eigenvalue weighted by molar-refractivity contribution is 5.86. The van der Waals surface area contributed by atoms with Crippen LogP contribution in [0, 0.1) is 0 Å². The van der Waals surface area contributed by atoms with E-state index in [1.807, 2.05) is 26.4 Å². The highest BCUT2D eigenvalue weighted by atomic mass is 16.2. The van der Waals surface area contributed by atoms with Crippen molar-refractivity contribution in [2.75, 3.05) is 20.6 Å². The van der Waals surface area contributed by atoms with Crippen LogP contribution in [-0.4, -0.2) is 42.0 Å². The molecule has 0 unspecified atom stereocenters. The molecule has 1 N–H and O–H groups in total. The number of likely N-dealkylation sites (N-methyl/N-ethyl adjacent to an activating group) is 1. The van der Waals surface area contributed by atoms with Crippen LogP contribution in [0.1, 0.15) is 31.2 Å². The third kappa shape index (κ3) is 3.32. The van der Waals surface area contributed by atoms with Crippen LogP contribution in [0.15, 0.2) is 24.5 Å². The lowest BCUT2D eigenvalue weighted by atomic mass is 9.88. The molecule has 1 atom stereocenters. The van der Waals surface area contributed by atoms with Gasteiger partial charge in [0.2, 0.25) is 5.91 Å². The Bertz CT molecular complexity index is 411. The van der Waals surface area contributed by atoms with Crippen molar-refractivity contribution in [2.24, 2.45) is 0 Å². The summed E-state index contributed by atoms with van der Waals surface area (Å²) in [6.45, 7) is 0.951. The van der Waals surface area contributed by atoms with Crippen molar-refractivity contribution < 1.29 is 4.79 Å². The van der Waals surface area contributed by atoms with Gasteiger partial charge in [-0.3, -0.25) is 9.78 Å². The number of hydrogen-bond donors (Lipinski definition) is 1. The average Bonchev–Trinajstić information content (AvgIpc) is 2.89. The van der Waals surface area contributed by atoms with Crippen LogP contribution >= 0.6 is 0 Å². The molecule has 4 heteroatoms. The van der Waals surface area contributed by atoms with Gasteiger partial charge in [0.05, 0.1) is 5.54 Å². The Balaban J connectivity index is 1.93. The van der Waals surface area contributed by atoms with Gasteiger partial charge in [0, 0.05) is 26.5 Å². The van der Waals surface area contributed by atoms with Crippen molar-refractivity contribution >= 4 is 5.91 Å². The molecule has 0 bridgehead atoms. The van der Waals surface area contributed by atoms with Crippen LogP contribution in [0.3, 0.4) is 0 Å². The molecule has 2 rings (SSSR count). The first-order valence-corrected chi connectivity index (χ1v) is 7.00. The van der Waals surface area contributed by atoms with Gasteiger partial charge in [-0.05, 0) is 50.3 Å². The van der Waals surface area contributed by atoms with Crippen molar-refractivity contribution in [1.29, 1.82) is 0 Å². The number of aryl methyl sites for hydroxylation is 1. The molecule has 1 fully saturated rings. The van der Waals surface area contributed by atoms with Crippen LogP contribution in [0.5, 0.6) is 0 Å². The van der Waals surface area contributed by atoms with Gasteiger partial charge in [0.15, 0.2) is 0 Å². The Morgan fingerprint density at radius 1 is 1.53 bits per heavy atom. The second-order valence-corrected chi connectivity index (χ2v) is 5.53. The standard InChI is InChI=1S/C15H23N3O/c1-18(2)14(19)15(9-5-11-17-15)8-3-6-13-7-4-10-16-12-13/h4,7,10,12,17H,3,5-6,8-9,11H2,1-2H3/t15-/m1/s1. The van der Waals surface area contributed by atoms with Crippen LogP contribution < -0.4 is 5.32 Å². The summed E-state index contributed by atoms with van der Waals surface area (Å²) in [7, 11) is 3.68. The van der Waals surface area contributed by atoms with E-state index in [9.17, 15) is 4.79 Å². The number of aromatic nitrogens is 1. The minimum Gasteiger partial charge on any atom is -0.347 e. The molecule has 1 saturated heterocycles. The number of hydrogen-bond acceptors (Lipinski definition) is 3. The molecule has 1 amide bonds. The van der Waals surface area contributed by atoms with E-state index in [1.165, 1.54) is 5.56 Å². The first kappa shape index (κ1) is 14.0. The quantitative estimate of drug-likeness (QED) is 0.876. The zero-order valence-corrected chi connectivity index (χ0v) is 11.9. The summed E-state index contributed by atoms with van der Waals surface area (Å²) >= 11 is 0. The highest BCUT2D eigenvalue weighted by Gasteiger charge is 2.41. The SMILES string of the molecule is CN(C)C(=O)[C@@]1(CCCc2cccnc2)CCCN1. The fraction of sp³-hybridized carbons (Fsp3) is 0.600. The number of pyridine rings is 1. The van der Waals surface area contributed by atoms with E-state index >= 15 is 0 Å². The van der Waals surface area contributed by atoms with E-state index < -0.39 is 0 Å². The van der Waals surface area contributed by atoms with Gasteiger partial charge in [0.25, 0.3) is 0 Å². The predicted octanol–water partition coefficient (Wildman–Crippen LogP) is 1.61. The summed E-state index contributed by atoms with van der Waals surface area (Å²) in [6.07, 6.45) is 8.64. The Hall–Kier alpha value is -1.42. The van der Waals surface area contributed by atoms with Gasteiger partial charge in [-0.2, -0.15) is 0 Å². The minimum atomic E-state index is -0.328. The van der Waals surface area contributed by atoms with E-state index in [2.05, 4.69) is 16.4 Å². The number of carbonyl (C=O) groups is 1. The zero-order chi connectivity index (χ0) is 13.7. The summed E-state index contributed by atoms with van der Waals surface area (Å²) in [5, 5.41) is 3.43. The molecule has 1 aliphatic heterocycles. The van der Waals surface area contributed by atoms with Crippen LogP contribution in [0.25, 0.3) is 0 Å². The number of nitrogens with zero attached hydrogens (tertiary/aromatic N) is 2. The largest absolute Gasteiger partial charge is 0.347 e. The first-order chi connectivity index (χ1) is 9.14. The van der Waals surface area contributed by atoms with E-state index in [4.69, 9.17) is 0 Å². The smallest absolute Gasteiger partial charge is 0.242 e. The van der Waals surface area contributed by atoms with E-state index in [-0.39, 0.29) is 11.4 Å². The van der Waals surface area contributed by atoms with Crippen LogP contribution in [0.2, 0.25) is 0 Å². The molecular weight excluding hydrogens is 238 g/mol. The fourth-order valence-electron chi connectivity index (χ4n) is 2.88. The molecule has 0 saturated carbocycles. The van der Waals surface area contributed by atoms with Gasteiger partial charge in [0.1, 0.15) is 0 Å². The molecular formula is C15H23N3O. The predicted molar refractivity (Wildman–Crippen MR) is 75.8 cm³/mol. The zero-order valence-electron chi connectivity index (χ0n) is 11.9. The third-order valence-electron chi connectivity index (χ3n) is 3.85. The van der Waals surface area contributed by atoms with Crippen molar-refractivity contribution in [2.45, 2.75) is 37.6 Å². The number of rotatable bonds is 5. The average molecular weight is 261 g/mol. The second-order valence-electron chi connectivity index (χ2n) is 5.53. The molecule has 1 aliphatic rings. The molecule has 4 nitrogen and oxygen atoms in total. The topological polar surface area (TPSA) is 45.2 Å². The maximum atomic E-state index is 12.4. The lowest BCUT2D eigenvalue weighted by Crippen LogP contribution is -2.53. The summed E-state index contributed by atoms with van der Waals surface area (Å²) < 4.78 is 0. The molecule has 0 spiro atoms. The van der Waals surface area contributed by atoms with Crippen LogP contribution in [-0.2, 0) is 11.2 Å². The Labute approximate surface area is 115 Å². The Morgan fingerprint density at radius 3 is 2.95 bits per heavy atom. The number of carbonyl (C=O) groups excluding carboxylic acids is 1. The van der Waals surface area contributed by atoms with Gasteiger partial charge >= 0.3 is 0 Å². The van der Waals surface area contributed by atoms with Gasteiger partial charge in [-0.1, -0.05) is 6.07 Å². The lowest BCUT2D eigenvalue weighted by Gasteiger charge is -2.31. The lowest BCUT2D eigenvalue weighted by molar-refractivity contribution is -0.135. The molecule has 0 radical (unpaired) electrons. The van der Waals surface area contributed by atoms with Gasteiger partial charge in [-0.15, -0.1) is 0 Å². The van der Waals surface area contributed by atoms with E-state index in [1.54, 1.807) is 11.1 Å². The number of nitrogens with one attached hydrogen (secondary N) is 1. The molecule has 1 aromatic rings. The van der Waals surface area contributed by atoms with Crippen molar-refractivity contribution in [3.63, 3.8) is 0 Å². The molecule has 2 heterocycles. The summed E-state index contributed by atoms with van der Waals surface area (Å²) in [6, 6.07) is 4.05. The monoisotopic (exact) mass is 261 g/mol. The second kappa shape index (κ2) is 6.15. The highest BCUT2D eigenvalue weighted by Crippen LogP contribution is 2.27. The van der Waals surface area contributed by atoms with E-state index in [0.717, 1.165) is 38.6 Å². The number of amides is 1. The fourth-order valence-corrected chi connectivity index (χ4v) is 2.88. The molecule has 104 valence electrons. The van der Waals surface area contributed by atoms with Gasteiger partial charge < -0.3 is 10.2 Å². The minimum absolute atomic E-state index is 0.219. The van der Waals surface area contributed by atoms with Crippen LogP contribution in [0.4, 0.5) is 0 Å². The third-order valence-corrected chi connectivity index (χ3v) is 3.85. The maximum absolute atomic E-state index is 12.4. The molecule has 19 heavy (non-hydrogen) atoms. The Kier molecular flexibility index (Phi) is 4.53.